The summed E-state index contributed by atoms with van der Waals surface area (Å²) in [5, 5.41) is 0.774. The molecule has 2 heterocycles. The van der Waals surface area contributed by atoms with Crippen molar-refractivity contribution < 1.29 is 9.18 Å². The molecule has 3 aromatic rings. The normalized spacial score (nSPS) is 14.1. The van der Waals surface area contributed by atoms with Crippen LogP contribution in [0.3, 0.4) is 0 Å². The molecule has 7 heteroatoms. The van der Waals surface area contributed by atoms with Gasteiger partial charge in [-0.15, -0.1) is 0 Å². The maximum absolute atomic E-state index is 14.0. The number of hydrogen-bond acceptors (Lipinski definition) is 6. The molecular weight excluding hydrogens is 387 g/mol. The quantitative estimate of drug-likeness (QED) is 0.350. The molecule has 1 fully saturated rings. The number of para-hydroxylation sites is 1. The van der Waals surface area contributed by atoms with Gasteiger partial charge in [-0.05, 0) is 12.1 Å². The number of ketones is 1. The van der Waals surface area contributed by atoms with Crippen molar-refractivity contribution in [3.8, 4) is 0 Å². The molecule has 1 aliphatic rings. The molecule has 0 bridgehead atoms. The topological polar surface area (TPSA) is 49.3 Å². The predicted molar refractivity (Wildman–Crippen MR) is 114 cm³/mol. The van der Waals surface area contributed by atoms with E-state index in [1.165, 1.54) is 24.2 Å². The third-order valence-electron chi connectivity index (χ3n) is 4.87. The highest BCUT2D eigenvalue weighted by Gasteiger charge is 2.20. The number of anilines is 2. The minimum atomic E-state index is -0.190. The number of piperazine rings is 1. The molecule has 4 rings (SSSR count). The van der Waals surface area contributed by atoms with E-state index in [1.54, 1.807) is 6.07 Å². The van der Waals surface area contributed by atoms with Crippen LogP contribution in [0.1, 0.15) is 10.4 Å². The number of benzene rings is 2. The smallest absolute Gasteiger partial charge is 0.173 e. The van der Waals surface area contributed by atoms with Gasteiger partial charge < -0.3 is 9.80 Å². The van der Waals surface area contributed by atoms with Crippen molar-refractivity contribution in [1.82, 2.24) is 9.97 Å². The van der Waals surface area contributed by atoms with Gasteiger partial charge >= 0.3 is 0 Å². The number of thioether (sulfide) groups is 1. The number of halogens is 1. The standard InChI is InChI=1S/C22H21FN4OS/c23-18-8-4-5-9-19(18)26-10-12-27(13-11-26)21-14-22(25-16-24-21)29-15-20(28)17-6-2-1-3-7-17/h1-9,14,16H,10-13,15H2. The number of carbonyl (C=O) groups is 1. The zero-order chi connectivity index (χ0) is 20.1. The van der Waals surface area contributed by atoms with Gasteiger partial charge in [-0.1, -0.05) is 54.2 Å². The van der Waals surface area contributed by atoms with Crippen LogP contribution in [0, 0.1) is 5.82 Å². The lowest BCUT2D eigenvalue weighted by molar-refractivity contribution is 0.102. The Morgan fingerprint density at radius 2 is 1.62 bits per heavy atom. The van der Waals surface area contributed by atoms with Crippen LogP contribution in [0.2, 0.25) is 0 Å². The minimum absolute atomic E-state index is 0.0780. The summed E-state index contributed by atoms with van der Waals surface area (Å²) in [6, 6.07) is 18.1. The van der Waals surface area contributed by atoms with E-state index in [1.807, 2.05) is 48.5 Å². The molecule has 0 saturated carbocycles. The fraction of sp³-hybridized carbons (Fsp3) is 0.227. The van der Waals surface area contributed by atoms with Gasteiger partial charge in [0.25, 0.3) is 0 Å². The first-order valence-corrected chi connectivity index (χ1v) is 10.5. The van der Waals surface area contributed by atoms with Gasteiger partial charge in [-0.3, -0.25) is 4.79 Å². The largest absolute Gasteiger partial charge is 0.366 e. The molecule has 0 spiro atoms. The maximum atomic E-state index is 14.0. The highest BCUT2D eigenvalue weighted by atomic mass is 32.2. The number of rotatable bonds is 6. The summed E-state index contributed by atoms with van der Waals surface area (Å²) in [6.45, 7) is 2.94. The molecular formula is C22H21FN4OS. The fourth-order valence-electron chi connectivity index (χ4n) is 3.31. The third-order valence-corrected chi connectivity index (χ3v) is 5.80. The Hall–Kier alpha value is -2.93. The number of nitrogens with zero attached hydrogens (tertiary/aromatic N) is 4. The summed E-state index contributed by atoms with van der Waals surface area (Å²) in [5.41, 5.74) is 1.35. The van der Waals surface area contributed by atoms with E-state index in [4.69, 9.17) is 0 Å². The summed E-state index contributed by atoms with van der Waals surface area (Å²) < 4.78 is 14.0. The molecule has 0 atom stereocenters. The van der Waals surface area contributed by atoms with Gasteiger partial charge in [0.1, 0.15) is 23.0 Å². The summed E-state index contributed by atoms with van der Waals surface area (Å²) in [6.07, 6.45) is 1.54. The lowest BCUT2D eigenvalue weighted by Crippen LogP contribution is -2.47. The molecule has 0 amide bonds. The SMILES string of the molecule is O=C(CSc1cc(N2CCN(c3ccccc3F)CC2)ncn1)c1ccccc1. The number of Topliss-reactive ketones (excluding diaryl/α,β-unsaturated/α-hetero) is 1. The van der Waals surface area contributed by atoms with E-state index < -0.39 is 0 Å². The van der Waals surface area contributed by atoms with Crippen molar-refractivity contribution in [1.29, 1.82) is 0 Å². The van der Waals surface area contributed by atoms with Crippen molar-refractivity contribution in [3.63, 3.8) is 0 Å². The van der Waals surface area contributed by atoms with Gasteiger partial charge in [0.05, 0.1) is 11.4 Å². The Morgan fingerprint density at radius 1 is 0.931 bits per heavy atom. The highest BCUT2D eigenvalue weighted by Crippen LogP contribution is 2.24. The van der Waals surface area contributed by atoms with Gasteiger partial charge in [0, 0.05) is 37.8 Å². The van der Waals surface area contributed by atoms with Crippen LogP contribution in [-0.2, 0) is 0 Å². The highest BCUT2D eigenvalue weighted by molar-refractivity contribution is 7.99. The average molecular weight is 409 g/mol. The molecule has 5 nitrogen and oxygen atoms in total. The van der Waals surface area contributed by atoms with Gasteiger partial charge in [-0.2, -0.15) is 0 Å². The Labute approximate surface area is 173 Å². The van der Waals surface area contributed by atoms with E-state index in [2.05, 4.69) is 19.8 Å². The van der Waals surface area contributed by atoms with Crippen LogP contribution in [-0.4, -0.2) is 47.7 Å². The maximum Gasteiger partial charge on any atom is 0.173 e. The lowest BCUT2D eigenvalue weighted by atomic mass is 10.2. The number of aromatic nitrogens is 2. The summed E-state index contributed by atoms with van der Waals surface area (Å²) in [7, 11) is 0. The molecule has 0 aliphatic carbocycles. The molecule has 1 aromatic heterocycles. The van der Waals surface area contributed by atoms with E-state index in [0.29, 0.717) is 17.0 Å². The Balaban J connectivity index is 1.36. The van der Waals surface area contributed by atoms with Crippen molar-refractivity contribution in [2.75, 3.05) is 41.7 Å². The minimum Gasteiger partial charge on any atom is -0.366 e. The van der Waals surface area contributed by atoms with Crippen molar-refractivity contribution in [3.05, 3.63) is 78.4 Å². The zero-order valence-corrected chi connectivity index (χ0v) is 16.7. The second kappa shape index (κ2) is 9.05. The first-order valence-electron chi connectivity index (χ1n) is 9.48. The van der Waals surface area contributed by atoms with Crippen molar-refractivity contribution in [2.24, 2.45) is 0 Å². The van der Waals surface area contributed by atoms with Gasteiger partial charge in [-0.25, -0.2) is 14.4 Å². The van der Waals surface area contributed by atoms with E-state index in [0.717, 1.165) is 37.0 Å². The van der Waals surface area contributed by atoms with Crippen LogP contribution in [0.5, 0.6) is 0 Å². The van der Waals surface area contributed by atoms with Crippen molar-refractivity contribution >= 4 is 29.1 Å². The second-order valence-corrected chi connectivity index (χ2v) is 7.71. The van der Waals surface area contributed by atoms with Crippen LogP contribution in [0.4, 0.5) is 15.9 Å². The molecule has 2 aromatic carbocycles. The fourth-order valence-corrected chi connectivity index (χ4v) is 4.07. The van der Waals surface area contributed by atoms with Gasteiger partial charge in [0.2, 0.25) is 0 Å². The average Bonchev–Trinajstić information content (AvgIpc) is 2.79. The van der Waals surface area contributed by atoms with Crippen molar-refractivity contribution in [2.45, 2.75) is 5.03 Å². The summed E-state index contributed by atoms with van der Waals surface area (Å²) in [4.78, 5) is 25.2. The molecule has 1 aliphatic heterocycles. The summed E-state index contributed by atoms with van der Waals surface area (Å²) in [5.74, 6) is 1.06. The summed E-state index contributed by atoms with van der Waals surface area (Å²) >= 11 is 1.41. The molecule has 0 unspecified atom stereocenters. The Bertz CT molecular complexity index is 977. The van der Waals surface area contributed by atoms with E-state index in [-0.39, 0.29) is 11.6 Å². The van der Waals surface area contributed by atoms with Crippen LogP contribution >= 0.6 is 11.8 Å². The Kier molecular flexibility index (Phi) is 6.05. The molecule has 1 saturated heterocycles. The van der Waals surface area contributed by atoms with Gasteiger partial charge in [0.15, 0.2) is 5.78 Å². The van der Waals surface area contributed by atoms with E-state index >= 15 is 0 Å². The van der Waals surface area contributed by atoms with Crippen LogP contribution in [0.25, 0.3) is 0 Å². The molecule has 0 N–H and O–H groups in total. The van der Waals surface area contributed by atoms with E-state index in [9.17, 15) is 9.18 Å². The first-order chi connectivity index (χ1) is 14.2. The number of carbonyl (C=O) groups excluding carboxylic acids is 1. The monoisotopic (exact) mass is 408 g/mol. The second-order valence-electron chi connectivity index (χ2n) is 6.72. The first kappa shape index (κ1) is 19.4. The zero-order valence-electron chi connectivity index (χ0n) is 15.9. The number of hydrogen-bond donors (Lipinski definition) is 0. The van der Waals surface area contributed by atoms with Crippen LogP contribution in [0.15, 0.2) is 72.0 Å². The lowest BCUT2D eigenvalue weighted by Gasteiger charge is -2.36. The molecule has 148 valence electrons. The Morgan fingerprint density at radius 3 is 2.38 bits per heavy atom. The predicted octanol–water partition coefficient (Wildman–Crippen LogP) is 3.92. The molecule has 29 heavy (non-hydrogen) atoms. The third kappa shape index (κ3) is 4.74. The van der Waals surface area contributed by atoms with Crippen LogP contribution < -0.4 is 9.80 Å². The molecule has 0 radical (unpaired) electrons.